The van der Waals surface area contributed by atoms with Gasteiger partial charge in [-0.2, -0.15) is 0 Å². The van der Waals surface area contributed by atoms with Crippen molar-refractivity contribution in [2.24, 2.45) is 11.3 Å². The van der Waals surface area contributed by atoms with Gasteiger partial charge in [-0.05, 0) is 29.0 Å². The van der Waals surface area contributed by atoms with Gasteiger partial charge in [0, 0.05) is 17.5 Å². The smallest absolute Gasteiger partial charge is 0.431 e. The van der Waals surface area contributed by atoms with Crippen LogP contribution >= 0.6 is 7.60 Å². The second-order valence-electron chi connectivity index (χ2n) is 9.27. The van der Waals surface area contributed by atoms with Crippen LogP contribution in [0.4, 0.5) is 5.69 Å². The molecule has 3 aromatic carbocycles. The van der Waals surface area contributed by atoms with Crippen LogP contribution in [0.2, 0.25) is 0 Å². The summed E-state index contributed by atoms with van der Waals surface area (Å²) in [4.78, 5) is 23.0. The Labute approximate surface area is 198 Å². The van der Waals surface area contributed by atoms with Gasteiger partial charge in [-0.15, -0.1) is 0 Å². The van der Waals surface area contributed by atoms with Crippen LogP contribution in [0, 0.1) is 21.4 Å². The highest BCUT2D eigenvalue weighted by Crippen LogP contribution is 2.51. The number of non-ortho nitro benzene ring substituents is 1. The lowest BCUT2D eigenvalue weighted by Crippen LogP contribution is -2.25. The van der Waals surface area contributed by atoms with Crippen molar-refractivity contribution in [1.82, 2.24) is 0 Å². The summed E-state index contributed by atoms with van der Waals surface area (Å²) in [6, 6.07) is 18.0. The molecule has 0 N–H and O–H groups in total. The topological polar surface area (TPSA) is 105 Å². The second kappa shape index (κ2) is 10.3. The molecule has 3 aromatic rings. The molecule has 9 heteroatoms. The van der Waals surface area contributed by atoms with Crippen molar-refractivity contribution in [3.63, 3.8) is 0 Å². The van der Waals surface area contributed by atoms with Crippen LogP contribution in [0.1, 0.15) is 27.7 Å². The minimum atomic E-state index is -3.95. The van der Waals surface area contributed by atoms with Gasteiger partial charge in [-0.1, -0.05) is 64.1 Å². The normalized spacial score (nSPS) is 14.1. The fraction of sp³-hybridized carbons (Fsp3) is 0.320. The Morgan fingerprint density at radius 1 is 1.00 bits per heavy atom. The first-order chi connectivity index (χ1) is 16.0. The van der Waals surface area contributed by atoms with Gasteiger partial charge in [0.25, 0.3) is 5.69 Å². The summed E-state index contributed by atoms with van der Waals surface area (Å²) in [5.74, 6) is -0.812. The molecule has 0 bridgehead atoms. The zero-order valence-electron chi connectivity index (χ0n) is 19.6. The average molecular weight is 485 g/mol. The van der Waals surface area contributed by atoms with E-state index in [2.05, 4.69) is 0 Å². The number of esters is 1. The Bertz CT molecular complexity index is 1210. The molecule has 0 saturated carbocycles. The van der Waals surface area contributed by atoms with Crippen molar-refractivity contribution >= 4 is 30.0 Å². The van der Waals surface area contributed by atoms with Crippen LogP contribution < -0.4 is 9.05 Å². The average Bonchev–Trinajstić information content (AvgIpc) is 2.77. The summed E-state index contributed by atoms with van der Waals surface area (Å²) in [6.45, 7) is 7.64. The number of hydrogen-bond acceptors (Lipinski definition) is 7. The molecule has 0 aliphatic carbocycles. The number of carbonyl (C=O) groups is 1. The van der Waals surface area contributed by atoms with Crippen LogP contribution in [0.3, 0.4) is 0 Å². The summed E-state index contributed by atoms with van der Waals surface area (Å²) in [7, 11) is -3.95. The molecule has 3 rings (SSSR count). The maximum absolute atomic E-state index is 13.9. The number of fused-ring (bicyclic) bond motifs is 1. The number of nitro benzene ring substituents is 1. The predicted molar refractivity (Wildman–Crippen MR) is 130 cm³/mol. The third-order valence-electron chi connectivity index (χ3n) is 4.83. The molecule has 0 heterocycles. The van der Waals surface area contributed by atoms with Crippen LogP contribution in [0.15, 0.2) is 66.7 Å². The van der Waals surface area contributed by atoms with E-state index < -0.39 is 24.4 Å². The zero-order valence-corrected chi connectivity index (χ0v) is 20.5. The molecule has 0 amide bonds. The largest absolute Gasteiger partial charge is 0.465 e. The molecule has 0 aromatic heterocycles. The standard InChI is InChI=1S/C25H28NO7P/c1-18(24(27)31-17-25(2,3)4)16-34(30,32-21-14-12-20(13-15-21)26(28)29)33-23-11-7-9-19-8-5-6-10-22(19)23/h5-15,18H,16-17H2,1-4H3/t18-,34?/m1/s1. The number of rotatable bonds is 9. The lowest BCUT2D eigenvalue weighted by molar-refractivity contribution is -0.384. The van der Waals surface area contributed by atoms with Gasteiger partial charge in [0.2, 0.25) is 0 Å². The molecule has 180 valence electrons. The van der Waals surface area contributed by atoms with Gasteiger partial charge >= 0.3 is 13.6 Å². The maximum atomic E-state index is 13.9. The van der Waals surface area contributed by atoms with E-state index in [0.717, 1.165) is 10.8 Å². The van der Waals surface area contributed by atoms with Crippen LogP contribution in [-0.2, 0) is 14.1 Å². The van der Waals surface area contributed by atoms with Crippen LogP contribution in [0.5, 0.6) is 11.5 Å². The van der Waals surface area contributed by atoms with Crippen molar-refractivity contribution in [3.05, 3.63) is 76.8 Å². The molecular weight excluding hydrogens is 457 g/mol. The molecule has 0 aliphatic rings. The zero-order chi connectivity index (χ0) is 24.9. The van der Waals surface area contributed by atoms with Crippen LogP contribution in [-0.4, -0.2) is 23.7 Å². The molecule has 0 saturated heterocycles. The molecule has 1 unspecified atom stereocenters. The van der Waals surface area contributed by atoms with Gasteiger partial charge < -0.3 is 13.8 Å². The minimum Gasteiger partial charge on any atom is -0.465 e. The third kappa shape index (κ3) is 6.81. The number of carbonyl (C=O) groups excluding carboxylic acids is 1. The minimum absolute atomic E-state index is 0.128. The van der Waals surface area contributed by atoms with Crippen LogP contribution in [0.25, 0.3) is 10.8 Å². The third-order valence-corrected chi connectivity index (χ3v) is 6.79. The highest BCUT2D eigenvalue weighted by Gasteiger charge is 2.35. The van der Waals surface area contributed by atoms with E-state index >= 15 is 0 Å². The van der Waals surface area contributed by atoms with Gasteiger partial charge in [-0.3, -0.25) is 14.9 Å². The van der Waals surface area contributed by atoms with Crippen molar-refractivity contribution in [2.75, 3.05) is 12.8 Å². The Balaban J connectivity index is 1.89. The molecule has 2 atom stereocenters. The first-order valence-corrected chi connectivity index (χ1v) is 12.6. The Kier molecular flexibility index (Phi) is 7.62. The molecule has 0 fully saturated rings. The Morgan fingerprint density at radius 2 is 1.65 bits per heavy atom. The first-order valence-electron chi connectivity index (χ1n) is 10.8. The highest BCUT2D eigenvalue weighted by atomic mass is 31.2. The van der Waals surface area contributed by atoms with E-state index in [9.17, 15) is 19.5 Å². The van der Waals surface area contributed by atoms with Gasteiger partial charge in [-0.25, -0.2) is 4.57 Å². The number of nitro groups is 1. The van der Waals surface area contributed by atoms with E-state index in [4.69, 9.17) is 13.8 Å². The highest BCUT2D eigenvalue weighted by molar-refractivity contribution is 7.54. The number of benzene rings is 3. The summed E-state index contributed by atoms with van der Waals surface area (Å²) in [6.07, 6.45) is -0.240. The maximum Gasteiger partial charge on any atom is 0.431 e. The second-order valence-corrected chi connectivity index (χ2v) is 11.2. The lowest BCUT2D eigenvalue weighted by Gasteiger charge is -2.24. The Hall–Kier alpha value is -3.38. The monoisotopic (exact) mass is 485 g/mol. The molecule has 0 radical (unpaired) electrons. The summed E-state index contributed by atoms with van der Waals surface area (Å²) >= 11 is 0. The number of ether oxygens (including phenoxy) is 1. The molecule has 0 aliphatic heterocycles. The SMILES string of the molecule is C[C@H](CP(=O)(Oc1ccc([N+](=O)[O-])cc1)Oc1cccc2ccccc12)C(=O)OCC(C)(C)C. The van der Waals surface area contributed by atoms with Crippen molar-refractivity contribution in [2.45, 2.75) is 27.7 Å². The molecular formula is C25H28NO7P. The predicted octanol–water partition coefficient (Wildman–Crippen LogP) is 6.62. The number of hydrogen-bond donors (Lipinski definition) is 0. The van der Waals surface area contributed by atoms with Crippen molar-refractivity contribution < 1.29 is 28.1 Å². The van der Waals surface area contributed by atoms with E-state index in [1.165, 1.54) is 24.3 Å². The summed E-state index contributed by atoms with van der Waals surface area (Å²) in [5.41, 5.74) is -0.343. The summed E-state index contributed by atoms with van der Waals surface area (Å²) < 4.78 is 31.0. The van der Waals surface area contributed by atoms with Crippen molar-refractivity contribution in [3.8, 4) is 11.5 Å². The van der Waals surface area contributed by atoms with E-state index in [0.29, 0.717) is 5.75 Å². The van der Waals surface area contributed by atoms with Gasteiger partial charge in [0.15, 0.2) is 0 Å². The summed E-state index contributed by atoms with van der Waals surface area (Å²) in [5, 5.41) is 12.6. The fourth-order valence-corrected chi connectivity index (χ4v) is 5.06. The van der Waals surface area contributed by atoms with Gasteiger partial charge in [0.1, 0.15) is 11.5 Å². The van der Waals surface area contributed by atoms with E-state index in [-0.39, 0.29) is 29.6 Å². The Morgan fingerprint density at radius 3 is 2.29 bits per heavy atom. The quantitative estimate of drug-likeness (QED) is 0.145. The van der Waals surface area contributed by atoms with Gasteiger partial charge in [0.05, 0.1) is 23.6 Å². The fourth-order valence-electron chi connectivity index (χ4n) is 3.15. The first kappa shape index (κ1) is 25.2. The van der Waals surface area contributed by atoms with Crippen molar-refractivity contribution in [1.29, 1.82) is 0 Å². The van der Waals surface area contributed by atoms with E-state index in [1.54, 1.807) is 19.1 Å². The molecule has 34 heavy (non-hydrogen) atoms. The molecule has 0 spiro atoms. The van der Waals surface area contributed by atoms with E-state index in [1.807, 2.05) is 51.1 Å². The number of nitrogens with zero attached hydrogens (tertiary/aromatic N) is 1. The molecule has 8 nitrogen and oxygen atoms in total. The lowest BCUT2D eigenvalue weighted by atomic mass is 9.99.